The highest BCUT2D eigenvalue weighted by Gasteiger charge is 2.22. The minimum atomic E-state index is -3.49. The Morgan fingerprint density at radius 2 is 1.88 bits per heavy atom. The standard InChI is InChI=1S/C8H5F4N2O3/c9-3-1-2-4(14(16)17)5(10)6(3)13-8(15)7(11)12/h1-2,7,14H,(H,13,15)/q-1. The van der Waals surface area contributed by atoms with Crippen molar-refractivity contribution in [3.8, 4) is 0 Å². The third kappa shape index (κ3) is 2.90. The van der Waals surface area contributed by atoms with E-state index < -0.39 is 40.6 Å². The van der Waals surface area contributed by atoms with Crippen LogP contribution in [-0.4, -0.2) is 12.3 Å². The number of quaternary nitrogens is 1. The molecule has 2 N–H and O–H groups in total. The van der Waals surface area contributed by atoms with Gasteiger partial charge in [0.1, 0.15) is 11.5 Å². The molecule has 0 aliphatic heterocycles. The van der Waals surface area contributed by atoms with Crippen LogP contribution in [0.15, 0.2) is 12.1 Å². The maximum Gasteiger partial charge on any atom is 0.315 e. The summed E-state index contributed by atoms with van der Waals surface area (Å²) in [5.41, 5.74) is -2.30. The lowest BCUT2D eigenvalue weighted by atomic mass is 10.2. The second kappa shape index (κ2) is 5.08. The lowest BCUT2D eigenvalue weighted by Crippen LogP contribution is -2.96. The Morgan fingerprint density at radius 3 is 2.35 bits per heavy atom. The van der Waals surface area contributed by atoms with Gasteiger partial charge in [-0.1, -0.05) is 0 Å². The first-order chi connectivity index (χ1) is 7.84. The average Bonchev–Trinajstić information content (AvgIpc) is 2.22. The normalized spacial score (nSPS) is 11.1. The zero-order chi connectivity index (χ0) is 13.2. The Morgan fingerprint density at radius 1 is 1.29 bits per heavy atom. The Kier molecular flexibility index (Phi) is 3.99. The minimum Gasteiger partial charge on any atom is -0.628 e. The van der Waals surface area contributed by atoms with E-state index in [9.17, 15) is 32.8 Å². The van der Waals surface area contributed by atoms with Gasteiger partial charge in [-0.2, -0.15) is 13.2 Å². The number of halogens is 4. The van der Waals surface area contributed by atoms with Crippen molar-refractivity contribution in [2.24, 2.45) is 0 Å². The first-order valence-corrected chi connectivity index (χ1v) is 4.13. The first kappa shape index (κ1) is 13.4. The largest absolute Gasteiger partial charge is 0.628 e. The van der Waals surface area contributed by atoms with Crippen LogP contribution in [0.2, 0.25) is 0 Å². The molecule has 0 heterocycles. The van der Waals surface area contributed by atoms with E-state index in [0.29, 0.717) is 12.1 Å². The average molecular weight is 253 g/mol. The molecule has 0 radical (unpaired) electrons. The van der Waals surface area contributed by atoms with Crippen LogP contribution < -0.4 is 10.5 Å². The lowest BCUT2D eigenvalue weighted by molar-refractivity contribution is -0.716. The molecule has 0 spiro atoms. The summed E-state index contributed by atoms with van der Waals surface area (Å²) in [5.74, 6) is -5.00. The highest BCUT2D eigenvalue weighted by molar-refractivity contribution is 5.93. The molecule has 0 aliphatic rings. The van der Waals surface area contributed by atoms with Crippen LogP contribution in [-0.2, 0) is 4.79 Å². The molecule has 0 fully saturated rings. The van der Waals surface area contributed by atoms with Gasteiger partial charge >= 0.3 is 6.43 Å². The number of rotatable bonds is 3. The molecule has 0 saturated carbocycles. The minimum absolute atomic E-state index is 0.509. The van der Waals surface area contributed by atoms with Crippen molar-refractivity contribution in [2.75, 3.05) is 5.32 Å². The number of amides is 1. The predicted octanol–water partition coefficient (Wildman–Crippen LogP) is 0.680. The molecule has 1 aromatic rings. The molecule has 1 rings (SSSR count). The van der Waals surface area contributed by atoms with Gasteiger partial charge in [0.05, 0.1) is 0 Å². The van der Waals surface area contributed by atoms with Crippen LogP contribution in [0.1, 0.15) is 0 Å². The van der Waals surface area contributed by atoms with Gasteiger partial charge in [0, 0.05) is 6.07 Å². The third-order valence-corrected chi connectivity index (χ3v) is 1.76. The monoisotopic (exact) mass is 253 g/mol. The SMILES string of the molecule is O=C(Nc1c(F)ccc([NH+]([O-])[O-])c1F)C(F)F. The molecule has 0 bridgehead atoms. The van der Waals surface area contributed by atoms with E-state index in [0.717, 1.165) is 0 Å². The molecule has 1 amide bonds. The number of anilines is 1. The molecule has 0 aromatic heterocycles. The summed E-state index contributed by atoms with van der Waals surface area (Å²) in [5, 5.41) is 20.0. The molecule has 17 heavy (non-hydrogen) atoms. The fraction of sp³-hybridized carbons (Fsp3) is 0.125. The zero-order valence-corrected chi connectivity index (χ0v) is 7.97. The van der Waals surface area contributed by atoms with Crippen LogP contribution in [0.4, 0.5) is 28.9 Å². The van der Waals surface area contributed by atoms with Gasteiger partial charge in [-0.05, 0) is 6.07 Å². The summed E-state index contributed by atoms with van der Waals surface area (Å²) in [4.78, 5) is 10.5. The van der Waals surface area contributed by atoms with Crippen molar-refractivity contribution in [3.05, 3.63) is 34.2 Å². The topological polar surface area (TPSA) is 79.7 Å². The molecule has 0 saturated heterocycles. The molecule has 5 nitrogen and oxygen atoms in total. The van der Waals surface area contributed by atoms with Crippen molar-refractivity contribution in [1.29, 1.82) is 0 Å². The number of hydrogen-bond donors (Lipinski definition) is 2. The molecule has 1 aromatic carbocycles. The first-order valence-electron chi connectivity index (χ1n) is 4.13. The third-order valence-electron chi connectivity index (χ3n) is 1.76. The van der Waals surface area contributed by atoms with Gasteiger partial charge in [-0.25, -0.2) is 4.39 Å². The van der Waals surface area contributed by atoms with Crippen molar-refractivity contribution in [2.45, 2.75) is 6.43 Å². The second-order valence-corrected chi connectivity index (χ2v) is 2.86. The number of hydrogen-bond acceptors (Lipinski definition) is 3. The lowest BCUT2D eigenvalue weighted by Gasteiger charge is -2.25. The van der Waals surface area contributed by atoms with E-state index >= 15 is 0 Å². The highest BCUT2D eigenvalue weighted by atomic mass is 19.3. The van der Waals surface area contributed by atoms with Gasteiger partial charge in [0.2, 0.25) is 5.82 Å². The van der Waals surface area contributed by atoms with E-state index in [4.69, 9.17) is 0 Å². The number of benzene rings is 1. The Balaban J connectivity index is 3.14. The molecule has 0 atom stereocenters. The smallest absolute Gasteiger partial charge is 0.315 e. The van der Waals surface area contributed by atoms with Crippen LogP contribution >= 0.6 is 0 Å². The van der Waals surface area contributed by atoms with E-state index in [1.807, 2.05) is 0 Å². The Hall–Kier alpha value is -1.71. The zero-order valence-electron chi connectivity index (χ0n) is 7.97. The fourth-order valence-electron chi connectivity index (χ4n) is 1.00. The number of nitrogens with one attached hydrogen (secondary N) is 2. The Labute approximate surface area is 91.8 Å². The van der Waals surface area contributed by atoms with Gasteiger partial charge in [0.25, 0.3) is 5.91 Å². The summed E-state index contributed by atoms with van der Waals surface area (Å²) < 4.78 is 50.0. The van der Waals surface area contributed by atoms with Crippen molar-refractivity contribution in [1.82, 2.24) is 0 Å². The van der Waals surface area contributed by atoms with Crippen molar-refractivity contribution < 1.29 is 27.6 Å². The molecular formula is C8H5F4N2O3-. The molecule has 9 heteroatoms. The van der Waals surface area contributed by atoms with Crippen LogP contribution in [0.25, 0.3) is 0 Å². The number of carbonyl (C=O) groups is 1. The van der Waals surface area contributed by atoms with E-state index in [-0.39, 0.29) is 0 Å². The highest BCUT2D eigenvalue weighted by Crippen LogP contribution is 2.23. The van der Waals surface area contributed by atoms with E-state index in [2.05, 4.69) is 0 Å². The van der Waals surface area contributed by atoms with Crippen molar-refractivity contribution >= 4 is 17.3 Å². The van der Waals surface area contributed by atoms with Crippen LogP contribution in [0, 0.1) is 22.0 Å². The molecule has 0 unspecified atom stereocenters. The molecular weight excluding hydrogens is 248 g/mol. The van der Waals surface area contributed by atoms with Crippen LogP contribution in [0.3, 0.4) is 0 Å². The van der Waals surface area contributed by atoms with E-state index in [1.54, 1.807) is 0 Å². The summed E-state index contributed by atoms with van der Waals surface area (Å²) in [6.45, 7) is 0. The summed E-state index contributed by atoms with van der Waals surface area (Å²) >= 11 is 0. The fourth-order valence-corrected chi connectivity index (χ4v) is 1.00. The van der Waals surface area contributed by atoms with Gasteiger partial charge in [-0.3, -0.25) is 4.79 Å². The quantitative estimate of drug-likeness (QED) is 0.614. The Bertz CT molecular complexity index is 439. The summed E-state index contributed by atoms with van der Waals surface area (Å²) in [6.07, 6.45) is -3.49. The number of alkyl halides is 2. The maximum atomic E-state index is 13.3. The van der Waals surface area contributed by atoms with Crippen molar-refractivity contribution in [3.63, 3.8) is 0 Å². The van der Waals surface area contributed by atoms with Crippen LogP contribution in [0.5, 0.6) is 0 Å². The van der Waals surface area contributed by atoms with E-state index in [1.165, 1.54) is 5.32 Å². The summed E-state index contributed by atoms with van der Waals surface area (Å²) in [7, 11) is 0. The molecule has 94 valence electrons. The predicted molar refractivity (Wildman–Crippen MR) is 48.3 cm³/mol. The summed E-state index contributed by atoms with van der Waals surface area (Å²) in [6, 6.07) is 1.06. The maximum absolute atomic E-state index is 13.3. The van der Waals surface area contributed by atoms with Gasteiger partial charge in [-0.15, -0.1) is 0 Å². The van der Waals surface area contributed by atoms with Gasteiger partial charge < -0.3 is 21.0 Å². The second-order valence-electron chi connectivity index (χ2n) is 2.86. The molecule has 0 aliphatic carbocycles. The van der Waals surface area contributed by atoms with Gasteiger partial charge in [0.15, 0.2) is 5.69 Å². The number of carbonyl (C=O) groups excluding carboxylic acids is 1.